The van der Waals surface area contributed by atoms with E-state index in [4.69, 9.17) is 15.0 Å². The van der Waals surface area contributed by atoms with Crippen molar-refractivity contribution in [2.24, 2.45) is 0 Å². The van der Waals surface area contributed by atoms with E-state index in [2.05, 4.69) is 400 Å². The maximum Gasteiger partial charge on any atom is 0.235 e. The summed E-state index contributed by atoms with van der Waals surface area (Å²) in [7, 11) is 0. The molecule has 0 unspecified atom stereocenters. The van der Waals surface area contributed by atoms with Crippen molar-refractivity contribution in [2.45, 2.75) is 0 Å². The van der Waals surface area contributed by atoms with E-state index in [0.717, 1.165) is 94.9 Å². The smallest absolute Gasteiger partial charge is 0.235 e. The van der Waals surface area contributed by atoms with E-state index in [1.165, 1.54) is 98.3 Å². The van der Waals surface area contributed by atoms with Crippen molar-refractivity contribution in [3.05, 3.63) is 394 Å². The molecule has 108 heavy (non-hydrogen) atoms. The molecule has 0 aliphatic rings. The van der Waals surface area contributed by atoms with Crippen LogP contribution in [0.2, 0.25) is 0 Å². The number of rotatable bonds is 10. The Balaban J connectivity index is 0.000000138. The first-order valence-electron chi connectivity index (χ1n) is 36.8. The van der Waals surface area contributed by atoms with Crippen molar-refractivity contribution in [1.29, 1.82) is 0 Å². The number of nitrogens with zero attached hydrogens (tertiary/aromatic N) is 7. The average molecular weight is 1380 g/mol. The molecule has 0 saturated carbocycles. The Morgan fingerprint density at radius 2 is 0.481 bits per heavy atom. The second kappa shape index (κ2) is 25.7. The molecule has 7 heteroatoms. The van der Waals surface area contributed by atoms with Gasteiger partial charge in [0.2, 0.25) is 5.95 Å². The van der Waals surface area contributed by atoms with Crippen LogP contribution in [-0.2, 0) is 0 Å². The van der Waals surface area contributed by atoms with Crippen molar-refractivity contribution in [1.82, 2.24) is 33.2 Å². The minimum Gasteiger partial charge on any atom is -0.309 e. The van der Waals surface area contributed by atoms with Crippen LogP contribution in [-0.4, -0.2) is 33.2 Å². The minimum absolute atomic E-state index is 0.646. The summed E-state index contributed by atoms with van der Waals surface area (Å²) in [5.74, 6) is 1.54. The van der Waals surface area contributed by atoms with Crippen LogP contribution in [0.15, 0.2) is 394 Å². The normalized spacial score (nSPS) is 11.7. The molecule has 6 heterocycles. The number of benzene rings is 16. The van der Waals surface area contributed by atoms with E-state index in [-0.39, 0.29) is 0 Å². The molecule has 504 valence electrons. The fourth-order valence-corrected chi connectivity index (χ4v) is 16.6. The van der Waals surface area contributed by atoms with Gasteiger partial charge in [-0.05, 0) is 135 Å². The number of para-hydroxylation sites is 4. The zero-order valence-electron chi connectivity index (χ0n) is 58.7. The van der Waals surface area contributed by atoms with Crippen LogP contribution in [0.25, 0.3) is 199 Å². The van der Waals surface area contributed by atoms with Crippen molar-refractivity contribution in [3.8, 4) is 90.3 Å². The number of aromatic nitrogens is 7. The highest BCUT2D eigenvalue weighted by atomic mass is 15.2. The lowest BCUT2D eigenvalue weighted by Gasteiger charge is -2.13. The first kappa shape index (κ1) is 62.1. The second-order valence-electron chi connectivity index (χ2n) is 27.8. The number of hydrogen-bond acceptors (Lipinski definition) is 3. The lowest BCUT2D eigenvalue weighted by atomic mass is 10.0. The van der Waals surface area contributed by atoms with Gasteiger partial charge < -0.3 is 9.13 Å². The topological polar surface area (TPSA) is 58.4 Å². The van der Waals surface area contributed by atoms with Crippen molar-refractivity contribution < 1.29 is 0 Å². The molecule has 0 fully saturated rings. The summed E-state index contributed by atoms with van der Waals surface area (Å²) in [4.78, 5) is 15.9. The van der Waals surface area contributed by atoms with Gasteiger partial charge in [0.15, 0.2) is 0 Å². The standard InChI is InChI=1S/C51H33N3.C50H32N4/c1-3-14-34(15-4-1)39-31-45(36-17-5-2-6-18-36)52-51(33-39)54-48-24-12-9-21-41(48)43-28-26-38(32-50(43)54)37-27-29-49-44(30-37)42-22-10-11-23-47(42)53(49)46-25-13-19-35-16-7-8-20-40(35)46;1-3-15-34(16-4-1)43-32-44(35-17-5-2-6-18-35)52-50(51-43)54-47-24-12-9-21-39(47)41-28-26-37(31-49(41)54)36-27-29-48-42(30-36)40-22-10-11-23-46(40)53(48)45-25-13-19-33-14-7-8-20-38(33)45/h1-33H;1-32H. The Morgan fingerprint density at radius 1 is 0.157 bits per heavy atom. The van der Waals surface area contributed by atoms with Crippen LogP contribution < -0.4 is 0 Å². The first-order chi connectivity index (χ1) is 53.6. The molecular weight excluding hydrogens is 1310 g/mol. The van der Waals surface area contributed by atoms with Crippen LogP contribution in [0.4, 0.5) is 0 Å². The van der Waals surface area contributed by atoms with Crippen LogP contribution in [0.1, 0.15) is 0 Å². The third-order valence-electron chi connectivity index (χ3n) is 21.6. The summed E-state index contributed by atoms with van der Waals surface area (Å²) >= 11 is 0. The third-order valence-corrected chi connectivity index (χ3v) is 21.6. The van der Waals surface area contributed by atoms with Crippen molar-refractivity contribution in [3.63, 3.8) is 0 Å². The lowest BCUT2D eigenvalue weighted by molar-refractivity contribution is 0.996. The van der Waals surface area contributed by atoms with Gasteiger partial charge in [0.05, 0.1) is 72.6 Å². The van der Waals surface area contributed by atoms with Gasteiger partial charge in [0.1, 0.15) is 5.82 Å². The fraction of sp³-hybridized carbons (Fsp3) is 0. The monoisotopic (exact) mass is 1380 g/mol. The molecule has 0 bridgehead atoms. The maximum absolute atomic E-state index is 5.36. The zero-order chi connectivity index (χ0) is 71.2. The van der Waals surface area contributed by atoms with Crippen LogP contribution >= 0.6 is 0 Å². The van der Waals surface area contributed by atoms with Crippen molar-refractivity contribution in [2.75, 3.05) is 0 Å². The molecule has 22 rings (SSSR count). The molecule has 0 amide bonds. The Morgan fingerprint density at radius 3 is 0.944 bits per heavy atom. The Labute approximate surface area is 622 Å². The SMILES string of the molecule is c1ccc(-c2cc(-c3ccccc3)nc(-n3c4ccccc4c4ccc(-c5ccc6c(c5)c5ccccc5n6-c5cccc6ccccc56)cc43)c2)cc1.c1ccc(-c2cc(-c3ccccc3)nc(-n3c4ccccc4c4ccc(-c5ccc6c(c5)c5ccccc5n6-c5cccc6ccccc56)cc43)n2)cc1. The highest BCUT2D eigenvalue weighted by Crippen LogP contribution is 2.43. The van der Waals surface area contributed by atoms with Crippen LogP contribution in [0.5, 0.6) is 0 Å². The highest BCUT2D eigenvalue weighted by molar-refractivity contribution is 6.16. The summed E-state index contributed by atoms with van der Waals surface area (Å²) in [6.45, 7) is 0. The molecule has 16 aromatic carbocycles. The van der Waals surface area contributed by atoms with E-state index in [0.29, 0.717) is 5.95 Å². The molecule has 0 radical (unpaired) electrons. The van der Waals surface area contributed by atoms with Gasteiger partial charge in [0.25, 0.3) is 0 Å². The molecular formula is C101H65N7. The molecule has 0 saturated heterocycles. The molecule has 6 aromatic heterocycles. The van der Waals surface area contributed by atoms with Gasteiger partial charge in [0, 0.05) is 70.6 Å². The van der Waals surface area contributed by atoms with Gasteiger partial charge in [-0.3, -0.25) is 9.13 Å². The number of pyridine rings is 1. The molecule has 0 atom stereocenters. The Kier molecular flexibility index (Phi) is 14.8. The quantitative estimate of drug-likeness (QED) is 0.137. The maximum atomic E-state index is 5.36. The summed E-state index contributed by atoms with van der Waals surface area (Å²) in [6.07, 6.45) is 0. The zero-order valence-corrected chi connectivity index (χ0v) is 58.7. The molecule has 0 N–H and O–H groups in total. The Bertz CT molecular complexity index is 6730. The second-order valence-corrected chi connectivity index (χ2v) is 27.8. The van der Waals surface area contributed by atoms with E-state index in [1.807, 2.05) is 12.1 Å². The van der Waals surface area contributed by atoms with Crippen molar-refractivity contribution >= 4 is 109 Å². The van der Waals surface area contributed by atoms with E-state index < -0.39 is 0 Å². The average Bonchev–Trinajstić information content (AvgIpc) is 1.61. The summed E-state index contributed by atoms with van der Waals surface area (Å²) in [5, 5.41) is 14.6. The molecule has 7 nitrogen and oxygen atoms in total. The molecule has 0 aliphatic carbocycles. The van der Waals surface area contributed by atoms with E-state index in [1.54, 1.807) is 0 Å². The Hall–Kier alpha value is -14.5. The van der Waals surface area contributed by atoms with Crippen LogP contribution in [0.3, 0.4) is 0 Å². The van der Waals surface area contributed by atoms with E-state index in [9.17, 15) is 0 Å². The van der Waals surface area contributed by atoms with Crippen LogP contribution in [0, 0.1) is 0 Å². The van der Waals surface area contributed by atoms with E-state index >= 15 is 0 Å². The largest absolute Gasteiger partial charge is 0.309 e. The first-order valence-corrected chi connectivity index (χ1v) is 36.8. The molecule has 0 aliphatic heterocycles. The summed E-state index contributed by atoms with van der Waals surface area (Å²) in [6, 6.07) is 141. The third kappa shape index (κ3) is 10.5. The molecule has 22 aromatic rings. The minimum atomic E-state index is 0.646. The van der Waals surface area contributed by atoms with Gasteiger partial charge in [-0.15, -0.1) is 0 Å². The number of hydrogen-bond donors (Lipinski definition) is 0. The lowest BCUT2D eigenvalue weighted by Crippen LogP contribution is -2.04. The van der Waals surface area contributed by atoms with Gasteiger partial charge in [-0.25, -0.2) is 15.0 Å². The highest BCUT2D eigenvalue weighted by Gasteiger charge is 2.23. The summed E-state index contributed by atoms with van der Waals surface area (Å²) in [5.41, 5.74) is 24.4. The summed E-state index contributed by atoms with van der Waals surface area (Å²) < 4.78 is 9.42. The van der Waals surface area contributed by atoms with Gasteiger partial charge in [-0.1, -0.05) is 303 Å². The van der Waals surface area contributed by atoms with Gasteiger partial charge >= 0.3 is 0 Å². The molecule has 0 spiro atoms. The predicted molar refractivity (Wildman–Crippen MR) is 451 cm³/mol. The number of fused-ring (bicyclic) bond motifs is 14. The fourth-order valence-electron chi connectivity index (χ4n) is 16.6. The van der Waals surface area contributed by atoms with Gasteiger partial charge in [-0.2, -0.15) is 0 Å². The predicted octanol–water partition coefficient (Wildman–Crippen LogP) is 26.3.